The zero-order chi connectivity index (χ0) is 36.3. The van der Waals surface area contributed by atoms with Crippen LogP contribution < -0.4 is 0 Å². The summed E-state index contributed by atoms with van der Waals surface area (Å²) in [7, 11) is 0. The van der Waals surface area contributed by atoms with Gasteiger partial charge >= 0.3 is 0 Å². The molecule has 0 saturated carbocycles. The summed E-state index contributed by atoms with van der Waals surface area (Å²) in [5, 5.41) is 5.12. The monoisotopic (exact) mass is 670 g/mol. The van der Waals surface area contributed by atoms with Gasteiger partial charge in [0.05, 0.1) is 0 Å². The Hall–Kier alpha value is -5.72. The van der Waals surface area contributed by atoms with Crippen LogP contribution in [0.4, 0.5) is 0 Å². The van der Waals surface area contributed by atoms with E-state index in [1.54, 1.807) is 0 Å². The number of hydrogen-bond donors (Lipinski definition) is 0. The van der Waals surface area contributed by atoms with Crippen molar-refractivity contribution in [3.05, 3.63) is 178 Å². The van der Waals surface area contributed by atoms with Crippen molar-refractivity contribution >= 4 is 21.5 Å². The molecule has 0 N–H and O–H groups in total. The van der Waals surface area contributed by atoms with E-state index < -0.39 is 0 Å². The third-order valence-corrected chi connectivity index (χ3v) is 11.9. The normalized spacial score (nSPS) is 11.5. The Labute approximate surface area is 309 Å². The highest BCUT2D eigenvalue weighted by Gasteiger charge is 2.19. The minimum Gasteiger partial charge on any atom is -0.0614 e. The smallest absolute Gasteiger partial charge is 0.00929 e. The van der Waals surface area contributed by atoms with E-state index in [2.05, 4.69) is 189 Å². The summed E-state index contributed by atoms with van der Waals surface area (Å²) in [6, 6.07) is 50.4. The summed E-state index contributed by atoms with van der Waals surface area (Å²) in [6.07, 6.45) is 0. The largest absolute Gasteiger partial charge is 0.0614 e. The number of fused-ring (bicyclic) bond motifs is 2. The van der Waals surface area contributed by atoms with Crippen LogP contribution in [0.15, 0.2) is 133 Å². The fourth-order valence-electron chi connectivity index (χ4n) is 8.19. The van der Waals surface area contributed by atoms with Gasteiger partial charge in [0.1, 0.15) is 0 Å². The predicted molar refractivity (Wildman–Crippen MR) is 227 cm³/mol. The Morgan fingerprint density at radius 2 is 0.500 bits per heavy atom. The van der Waals surface area contributed by atoms with Gasteiger partial charge in [-0.05, 0) is 201 Å². The number of rotatable bonds is 5. The van der Waals surface area contributed by atoms with Crippen LogP contribution in [-0.2, 0) is 0 Å². The zero-order valence-corrected chi connectivity index (χ0v) is 31.7. The Morgan fingerprint density at radius 3 is 0.827 bits per heavy atom. The summed E-state index contributed by atoms with van der Waals surface area (Å²) < 4.78 is 0. The van der Waals surface area contributed by atoms with Gasteiger partial charge in [-0.15, -0.1) is 0 Å². The molecule has 0 nitrogen and oxygen atoms in total. The molecule has 0 fully saturated rings. The molecule has 0 radical (unpaired) electrons. The molecule has 0 amide bonds. The Balaban J connectivity index is 1.51. The molecule has 0 heterocycles. The lowest BCUT2D eigenvalue weighted by Crippen LogP contribution is -1.95. The Morgan fingerprint density at radius 1 is 0.231 bits per heavy atom. The summed E-state index contributed by atoms with van der Waals surface area (Å²) >= 11 is 0. The fourth-order valence-corrected chi connectivity index (χ4v) is 8.19. The molecule has 8 rings (SSSR count). The van der Waals surface area contributed by atoms with E-state index in [0.717, 1.165) is 0 Å². The standard InChI is InChI=1S/C52H46/c1-31-15-9-19-41(35(31)5)45-23-13-25-47-49(43-21-11-17-33(3)37(43)7)27-39(29-51(45)47)40-28-50(44-22-12-18-34(4)38(44)8)48-26-14-24-46(52(48)30-40)42-20-10-16-32(2)36(42)6/h9-30H,1-8H3. The van der Waals surface area contributed by atoms with E-state index in [1.807, 2.05) is 0 Å². The van der Waals surface area contributed by atoms with E-state index in [4.69, 9.17) is 0 Å². The number of hydrogen-bond acceptors (Lipinski definition) is 0. The highest BCUT2D eigenvalue weighted by Crippen LogP contribution is 2.45. The fraction of sp³-hybridized carbons (Fsp3) is 0.154. The second-order valence-electron chi connectivity index (χ2n) is 14.8. The molecule has 0 aliphatic carbocycles. The van der Waals surface area contributed by atoms with E-state index in [9.17, 15) is 0 Å². The lowest BCUT2D eigenvalue weighted by Gasteiger charge is -2.20. The van der Waals surface area contributed by atoms with Gasteiger partial charge in [0.2, 0.25) is 0 Å². The second kappa shape index (κ2) is 13.1. The van der Waals surface area contributed by atoms with E-state index >= 15 is 0 Å². The highest BCUT2D eigenvalue weighted by molar-refractivity contribution is 6.11. The van der Waals surface area contributed by atoms with Crippen molar-refractivity contribution < 1.29 is 0 Å². The molecule has 0 aromatic heterocycles. The summed E-state index contributed by atoms with van der Waals surface area (Å²) in [4.78, 5) is 0. The zero-order valence-electron chi connectivity index (χ0n) is 31.7. The van der Waals surface area contributed by atoms with Crippen LogP contribution in [0.3, 0.4) is 0 Å². The predicted octanol–water partition coefficient (Wildman–Crippen LogP) is 14.8. The average molecular weight is 671 g/mol. The third kappa shape index (κ3) is 5.55. The molecule has 0 unspecified atom stereocenters. The lowest BCUT2D eigenvalue weighted by molar-refractivity contribution is 1.34. The SMILES string of the molecule is Cc1cccc(-c2cc(-c3cc(-c4cccc(C)c4C)c4cccc(-c5cccc(C)c5C)c4c3)cc3c(-c4cccc(C)c4C)cccc23)c1C. The summed E-state index contributed by atoms with van der Waals surface area (Å²) in [5.74, 6) is 0. The molecule has 0 bridgehead atoms. The molecule has 8 aromatic rings. The maximum Gasteiger partial charge on any atom is -0.00929 e. The van der Waals surface area contributed by atoms with Crippen LogP contribution in [0.2, 0.25) is 0 Å². The van der Waals surface area contributed by atoms with Crippen molar-refractivity contribution in [3.8, 4) is 55.6 Å². The van der Waals surface area contributed by atoms with Gasteiger partial charge in [-0.3, -0.25) is 0 Å². The van der Waals surface area contributed by atoms with Crippen LogP contribution in [0.25, 0.3) is 77.2 Å². The van der Waals surface area contributed by atoms with Crippen LogP contribution in [0.1, 0.15) is 44.5 Å². The summed E-state index contributed by atoms with van der Waals surface area (Å²) in [6.45, 7) is 17.9. The molecular formula is C52H46. The van der Waals surface area contributed by atoms with Crippen molar-refractivity contribution in [2.75, 3.05) is 0 Å². The lowest BCUT2D eigenvalue weighted by atomic mass is 9.84. The molecule has 254 valence electrons. The minimum absolute atomic E-state index is 1.23. The Bertz CT molecular complexity index is 2510. The number of benzene rings is 8. The van der Waals surface area contributed by atoms with Crippen LogP contribution in [-0.4, -0.2) is 0 Å². The maximum atomic E-state index is 2.45. The molecule has 0 aliphatic rings. The maximum absolute atomic E-state index is 2.45. The average Bonchev–Trinajstić information content (AvgIpc) is 3.15. The highest BCUT2D eigenvalue weighted by atomic mass is 14.2. The van der Waals surface area contributed by atoms with Crippen molar-refractivity contribution in [2.24, 2.45) is 0 Å². The van der Waals surface area contributed by atoms with Gasteiger partial charge in [0.15, 0.2) is 0 Å². The first kappa shape index (κ1) is 33.4. The minimum atomic E-state index is 1.23. The van der Waals surface area contributed by atoms with Crippen molar-refractivity contribution in [1.82, 2.24) is 0 Å². The third-order valence-electron chi connectivity index (χ3n) is 11.9. The quantitative estimate of drug-likeness (QED) is 0.171. The molecule has 0 aliphatic heterocycles. The molecule has 0 atom stereocenters. The van der Waals surface area contributed by atoms with Gasteiger partial charge in [-0.1, -0.05) is 109 Å². The van der Waals surface area contributed by atoms with E-state index in [-0.39, 0.29) is 0 Å². The first-order valence-electron chi connectivity index (χ1n) is 18.5. The molecular weight excluding hydrogens is 625 g/mol. The molecule has 0 heteroatoms. The van der Waals surface area contributed by atoms with Gasteiger partial charge in [-0.2, -0.15) is 0 Å². The summed E-state index contributed by atoms with van der Waals surface area (Å²) in [5.41, 5.74) is 23.3. The first-order chi connectivity index (χ1) is 25.1. The van der Waals surface area contributed by atoms with Gasteiger partial charge < -0.3 is 0 Å². The molecule has 0 spiro atoms. The topological polar surface area (TPSA) is 0 Å². The van der Waals surface area contributed by atoms with Gasteiger partial charge in [0.25, 0.3) is 0 Å². The molecule has 52 heavy (non-hydrogen) atoms. The van der Waals surface area contributed by atoms with Crippen molar-refractivity contribution in [2.45, 2.75) is 55.4 Å². The van der Waals surface area contributed by atoms with Crippen LogP contribution in [0, 0.1) is 55.4 Å². The molecule has 0 saturated heterocycles. The second-order valence-corrected chi connectivity index (χ2v) is 14.8. The van der Waals surface area contributed by atoms with Gasteiger partial charge in [-0.25, -0.2) is 0 Å². The van der Waals surface area contributed by atoms with E-state index in [0.29, 0.717) is 0 Å². The van der Waals surface area contributed by atoms with Crippen LogP contribution in [0.5, 0.6) is 0 Å². The number of aryl methyl sites for hydroxylation is 4. The van der Waals surface area contributed by atoms with Crippen molar-refractivity contribution in [1.29, 1.82) is 0 Å². The first-order valence-corrected chi connectivity index (χ1v) is 18.5. The van der Waals surface area contributed by atoms with Crippen molar-refractivity contribution in [3.63, 3.8) is 0 Å². The van der Waals surface area contributed by atoms with E-state index in [1.165, 1.54) is 122 Å². The molecule has 8 aromatic carbocycles. The Kier molecular flexibility index (Phi) is 8.43. The van der Waals surface area contributed by atoms with Crippen LogP contribution >= 0.6 is 0 Å². The van der Waals surface area contributed by atoms with Gasteiger partial charge in [0, 0.05) is 0 Å².